The number of nitrogens with zero attached hydrogens (tertiary/aromatic N) is 1. The molecule has 8 N–H and O–H groups in total. The molecule has 322 valence electrons. The van der Waals surface area contributed by atoms with Gasteiger partial charge in [-0.15, -0.1) is 0 Å². The molecular formula is C43H73N7O7. The van der Waals surface area contributed by atoms with Crippen molar-refractivity contribution in [2.45, 2.75) is 154 Å². The van der Waals surface area contributed by atoms with Crippen molar-refractivity contribution in [3.8, 4) is 5.75 Å². The molecule has 0 spiro atoms. The summed E-state index contributed by atoms with van der Waals surface area (Å²) in [5, 5.41) is 11.5. The van der Waals surface area contributed by atoms with E-state index in [4.69, 9.17) is 20.9 Å². The second-order valence-corrected chi connectivity index (χ2v) is 16.6. The molecule has 3 rings (SSSR count). The number of ether oxygens (including phenoxy) is 2. The predicted octanol–water partition coefficient (Wildman–Crippen LogP) is 3.33. The van der Waals surface area contributed by atoms with E-state index in [-0.39, 0.29) is 37.5 Å². The summed E-state index contributed by atoms with van der Waals surface area (Å²) in [4.78, 5) is 72.0. The minimum absolute atomic E-state index is 0.109. The number of unbranched alkanes of at least 4 members (excludes halogenated alkanes) is 3. The van der Waals surface area contributed by atoms with Gasteiger partial charge in [-0.05, 0) is 81.5 Å². The maximum Gasteiger partial charge on any atom is 0.246 e. The van der Waals surface area contributed by atoms with Crippen molar-refractivity contribution in [1.82, 2.24) is 26.2 Å². The zero-order chi connectivity index (χ0) is 41.9. The van der Waals surface area contributed by atoms with Crippen molar-refractivity contribution in [3.63, 3.8) is 0 Å². The molecule has 14 nitrogen and oxygen atoms in total. The number of carbonyl (C=O) groups is 5. The van der Waals surface area contributed by atoms with E-state index in [1.54, 1.807) is 26.1 Å². The first-order valence-corrected chi connectivity index (χ1v) is 21.5. The first-order valence-electron chi connectivity index (χ1n) is 21.5. The summed E-state index contributed by atoms with van der Waals surface area (Å²) in [6.45, 7) is 10.1. The summed E-state index contributed by atoms with van der Waals surface area (Å²) in [6.07, 6.45) is 10.2. The average molecular weight is 800 g/mol. The number of rotatable bonds is 15. The monoisotopic (exact) mass is 800 g/mol. The smallest absolute Gasteiger partial charge is 0.246 e. The summed E-state index contributed by atoms with van der Waals surface area (Å²) in [5.74, 6) is -2.32. The molecule has 0 bridgehead atoms. The highest BCUT2D eigenvalue weighted by Gasteiger charge is 2.39. The third-order valence-corrected chi connectivity index (χ3v) is 11.3. The van der Waals surface area contributed by atoms with Gasteiger partial charge in [-0.25, -0.2) is 0 Å². The van der Waals surface area contributed by atoms with Crippen LogP contribution in [0.25, 0.3) is 0 Å². The van der Waals surface area contributed by atoms with Gasteiger partial charge in [0.25, 0.3) is 0 Å². The van der Waals surface area contributed by atoms with Crippen molar-refractivity contribution >= 4 is 29.5 Å². The number of likely N-dealkylation sites (N-methyl/N-ethyl adjacent to an activating group) is 1. The lowest BCUT2D eigenvalue weighted by atomic mass is 9.83. The summed E-state index contributed by atoms with van der Waals surface area (Å²) in [7, 11) is 1.66. The fraction of sp³-hybridized carbons (Fsp3) is 0.744. The summed E-state index contributed by atoms with van der Waals surface area (Å²) in [5.41, 5.74) is 12.8. The molecule has 1 saturated carbocycles. The van der Waals surface area contributed by atoms with Gasteiger partial charge >= 0.3 is 0 Å². The third-order valence-electron chi connectivity index (χ3n) is 11.3. The fourth-order valence-electron chi connectivity index (χ4n) is 7.69. The van der Waals surface area contributed by atoms with Crippen LogP contribution in [0.2, 0.25) is 0 Å². The van der Waals surface area contributed by atoms with Gasteiger partial charge < -0.3 is 47.1 Å². The van der Waals surface area contributed by atoms with Crippen LogP contribution in [-0.4, -0.2) is 104 Å². The number of carbonyl (C=O) groups excluding carboxylic acids is 5. The first kappa shape index (κ1) is 47.6. The molecule has 1 aromatic rings. The van der Waals surface area contributed by atoms with Crippen LogP contribution < -0.4 is 37.5 Å². The summed E-state index contributed by atoms with van der Waals surface area (Å²) < 4.78 is 12.4. The maximum atomic E-state index is 14.3. The quantitative estimate of drug-likeness (QED) is 0.144. The molecule has 1 aromatic carbocycles. The molecule has 0 radical (unpaired) electrons. The molecule has 1 aliphatic heterocycles. The van der Waals surface area contributed by atoms with Gasteiger partial charge in [-0.2, -0.15) is 0 Å². The van der Waals surface area contributed by atoms with Crippen LogP contribution in [0.4, 0.5) is 0 Å². The molecule has 14 heteroatoms. The molecular weight excluding hydrogens is 727 g/mol. The van der Waals surface area contributed by atoms with Crippen LogP contribution in [0.15, 0.2) is 24.3 Å². The molecule has 57 heavy (non-hydrogen) atoms. The van der Waals surface area contributed by atoms with Crippen LogP contribution in [-0.2, 0) is 35.1 Å². The Morgan fingerprint density at radius 1 is 0.825 bits per heavy atom. The van der Waals surface area contributed by atoms with Gasteiger partial charge in [0.2, 0.25) is 29.5 Å². The number of hydrogen-bond acceptors (Lipinski definition) is 9. The van der Waals surface area contributed by atoms with E-state index < -0.39 is 65.9 Å². The minimum Gasteiger partial charge on any atom is -0.491 e. The van der Waals surface area contributed by atoms with Gasteiger partial charge in [0.05, 0.1) is 18.6 Å². The zero-order valence-electron chi connectivity index (χ0n) is 35.5. The fourth-order valence-corrected chi connectivity index (χ4v) is 7.69. The van der Waals surface area contributed by atoms with E-state index in [1.165, 1.54) is 4.90 Å². The van der Waals surface area contributed by atoms with Crippen molar-refractivity contribution < 1.29 is 33.4 Å². The minimum atomic E-state index is -1.20. The van der Waals surface area contributed by atoms with E-state index in [9.17, 15) is 24.0 Å². The molecule has 0 unspecified atom stereocenters. The Kier molecular flexibility index (Phi) is 20.8. The lowest BCUT2D eigenvalue weighted by molar-refractivity contribution is -0.147. The van der Waals surface area contributed by atoms with E-state index in [0.717, 1.165) is 63.4 Å². The van der Waals surface area contributed by atoms with Crippen LogP contribution in [0.1, 0.15) is 117 Å². The van der Waals surface area contributed by atoms with Crippen molar-refractivity contribution in [1.29, 1.82) is 0 Å². The number of hydrogen-bond donors (Lipinski definition) is 6. The molecule has 2 fully saturated rings. The number of nitrogens with two attached hydrogens (primary N) is 2. The van der Waals surface area contributed by atoms with Gasteiger partial charge in [0.1, 0.15) is 36.5 Å². The number of nitrogens with one attached hydrogen (secondary N) is 4. The topological polar surface area (TPSA) is 207 Å². The van der Waals surface area contributed by atoms with Gasteiger partial charge in [0.15, 0.2) is 0 Å². The molecule has 7 atom stereocenters. The zero-order valence-corrected chi connectivity index (χ0v) is 35.5. The van der Waals surface area contributed by atoms with Crippen molar-refractivity contribution in [2.24, 2.45) is 29.2 Å². The normalized spacial score (nSPS) is 26.8. The van der Waals surface area contributed by atoms with Crippen molar-refractivity contribution in [3.05, 3.63) is 29.8 Å². The van der Waals surface area contributed by atoms with E-state index in [2.05, 4.69) is 42.0 Å². The standard InChI is InChI=1S/C43H73N7O7/c1-7-8-9-13-16-37-30(5)43(55)50(6)36(22-17-28(2)3)41(53)49-38(32-14-11-10-12-15-32)42(54)47-34(25-45)39(51)48-35(40(52)46-29(4)26-57-37)27-56-33-20-18-31(19-21-33)23-24-44/h18-21,28-30,32,34-38H,7-17,22-27,44-45H2,1-6H3,(H,46,52)(H,47,54)(H,48,51)(H,49,53)/t29-,30-,34+,35+,36+,37-,38+/m1/s1. The van der Waals surface area contributed by atoms with Crippen LogP contribution in [0.3, 0.4) is 0 Å². The Bertz CT molecular complexity index is 1400. The highest BCUT2D eigenvalue weighted by atomic mass is 16.5. The van der Waals surface area contributed by atoms with E-state index in [0.29, 0.717) is 38.0 Å². The lowest BCUT2D eigenvalue weighted by Crippen LogP contribution is -2.62. The Hall–Kier alpha value is -3.75. The molecule has 1 aliphatic carbocycles. The van der Waals surface area contributed by atoms with Crippen LogP contribution >= 0.6 is 0 Å². The summed E-state index contributed by atoms with van der Waals surface area (Å²) in [6, 6.07) is 2.69. The molecule has 5 amide bonds. The molecule has 0 aromatic heterocycles. The SMILES string of the molecule is CCCCCC[C@H]1OC[C@@H](C)NC(=O)[C@H](COc2ccc(CCN)cc2)NC(=O)[C@H](CN)NC(=O)[C@H](C2CCCCC2)NC(=O)[C@H](CCC(C)C)N(C)C(=O)[C@@H]1C. The second-order valence-electron chi connectivity index (χ2n) is 16.6. The highest BCUT2D eigenvalue weighted by molar-refractivity contribution is 5.96. The van der Waals surface area contributed by atoms with E-state index in [1.807, 2.05) is 19.1 Å². The Morgan fingerprint density at radius 2 is 1.49 bits per heavy atom. The molecule has 1 saturated heterocycles. The van der Waals surface area contributed by atoms with Gasteiger partial charge in [-0.3, -0.25) is 24.0 Å². The average Bonchev–Trinajstić information content (AvgIpc) is 3.19. The molecule has 2 aliphatic rings. The Balaban J connectivity index is 2.01. The molecule has 1 heterocycles. The van der Waals surface area contributed by atoms with Crippen molar-refractivity contribution in [2.75, 3.05) is 33.4 Å². The number of amides is 5. The van der Waals surface area contributed by atoms with Gasteiger partial charge in [-0.1, -0.05) is 84.8 Å². The predicted molar refractivity (Wildman–Crippen MR) is 222 cm³/mol. The highest BCUT2D eigenvalue weighted by Crippen LogP contribution is 2.28. The largest absolute Gasteiger partial charge is 0.491 e. The first-order chi connectivity index (χ1) is 27.3. The van der Waals surface area contributed by atoms with Gasteiger partial charge in [0, 0.05) is 19.6 Å². The Labute approximate surface area is 341 Å². The van der Waals surface area contributed by atoms with E-state index >= 15 is 0 Å². The lowest BCUT2D eigenvalue weighted by Gasteiger charge is -2.35. The number of benzene rings is 1. The third kappa shape index (κ3) is 15.5. The maximum absolute atomic E-state index is 14.3. The second kappa shape index (κ2) is 24.9. The summed E-state index contributed by atoms with van der Waals surface area (Å²) >= 11 is 0. The Morgan fingerprint density at radius 3 is 2.12 bits per heavy atom. The van der Waals surface area contributed by atoms with Crippen LogP contribution in [0, 0.1) is 17.8 Å². The van der Waals surface area contributed by atoms with Crippen LogP contribution in [0.5, 0.6) is 5.75 Å².